The summed E-state index contributed by atoms with van der Waals surface area (Å²) in [7, 11) is 0. The maximum atomic E-state index is 5.15. The summed E-state index contributed by atoms with van der Waals surface area (Å²) in [6.45, 7) is 0.985. The molecule has 0 amide bonds. The monoisotopic (exact) mass is 226 g/mol. The van der Waals surface area contributed by atoms with Crippen LogP contribution in [0.25, 0.3) is 0 Å². The molecule has 0 N–H and O–H groups in total. The van der Waals surface area contributed by atoms with Gasteiger partial charge in [-0.2, -0.15) is 11.8 Å². The summed E-state index contributed by atoms with van der Waals surface area (Å²) in [6, 6.07) is 10.6. The predicted octanol–water partition coefficient (Wildman–Crippen LogP) is 2.91. The van der Waals surface area contributed by atoms with Crippen LogP contribution in [-0.2, 0) is 4.74 Å². The van der Waals surface area contributed by atoms with Crippen LogP contribution in [0, 0.1) is 0 Å². The topological polar surface area (TPSA) is 12.5 Å². The van der Waals surface area contributed by atoms with Gasteiger partial charge in [-0.1, -0.05) is 18.2 Å². The zero-order valence-electron chi connectivity index (χ0n) is 8.02. The van der Waals surface area contributed by atoms with Gasteiger partial charge in [0.25, 0.3) is 0 Å². The Labute approximate surface area is 93.6 Å². The van der Waals surface area contributed by atoms with Crippen molar-refractivity contribution in [1.82, 2.24) is 0 Å². The third-order valence-electron chi connectivity index (χ3n) is 1.95. The van der Waals surface area contributed by atoms with Crippen molar-refractivity contribution in [2.24, 2.45) is 0 Å². The van der Waals surface area contributed by atoms with E-state index in [4.69, 9.17) is 4.74 Å². The molecule has 1 saturated heterocycles. The molecule has 0 bridgehead atoms. The van der Waals surface area contributed by atoms with Crippen LogP contribution < -0.4 is 0 Å². The van der Waals surface area contributed by atoms with Crippen LogP contribution in [0.1, 0.15) is 0 Å². The van der Waals surface area contributed by atoms with Crippen LogP contribution in [0.15, 0.2) is 35.2 Å². The molecule has 1 heterocycles. The highest BCUT2D eigenvalue weighted by Crippen LogP contribution is 2.20. The molecule has 1 nitrogen and oxygen atoms in total. The normalized spacial score (nSPS) is 19.6. The first kappa shape index (κ1) is 10.4. The summed E-state index contributed by atoms with van der Waals surface area (Å²) in [5, 5.41) is 0. The van der Waals surface area contributed by atoms with Crippen molar-refractivity contribution in [3.05, 3.63) is 30.3 Å². The minimum absolute atomic E-state index is 0.571. The van der Waals surface area contributed by atoms with Crippen molar-refractivity contribution >= 4 is 23.5 Å². The fraction of sp³-hybridized carbons (Fsp3) is 0.455. The van der Waals surface area contributed by atoms with Gasteiger partial charge in [-0.25, -0.2) is 0 Å². The minimum atomic E-state index is 0.571. The number of ether oxygens (including phenoxy) is 1. The van der Waals surface area contributed by atoms with Crippen LogP contribution in [-0.4, -0.2) is 30.0 Å². The summed E-state index contributed by atoms with van der Waals surface area (Å²) in [6.07, 6.45) is 0.571. The van der Waals surface area contributed by atoms with Gasteiger partial charge >= 0.3 is 0 Å². The van der Waals surface area contributed by atoms with Gasteiger partial charge in [0.15, 0.2) is 0 Å². The van der Waals surface area contributed by atoms with E-state index in [0.717, 1.165) is 6.61 Å². The summed E-state index contributed by atoms with van der Waals surface area (Å²) >= 11 is 3.93. The minimum Gasteiger partial charge on any atom is -0.372 e. The summed E-state index contributed by atoms with van der Waals surface area (Å²) in [5.74, 6) is 3.59. The molecule has 0 radical (unpaired) electrons. The number of hydrogen-bond acceptors (Lipinski definition) is 3. The van der Waals surface area contributed by atoms with Crippen LogP contribution in [0.2, 0.25) is 0 Å². The van der Waals surface area contributed by atoms with Gasteiger partial charge in [-0.15, -0.1) is 11.8 Å². The molecule has 1 aliphatic heterocycles. The first-order chi connectivity index (χ1) is 6.95. The Balaban J connectivity index is 1.54. The lowest BCUT2D eigenvalue weighted by molar-refractivity contribution is 0.426. The molecule has 14 heavy (non-hydrogen) atoms. The third-order valence-corrected chi connectivity index (χ3v) is 4.32. The summed E-state index contributed by atoms with van der Waals surface area (Å²) in [4.78, 5) is 1.37. The van der Waals surface area contributed by atoms with E-state index in [-0.39, 0.29) is 0 Å². The fourth-order valence-electron chi connectivity index (χ4n) is 1.11. The number of epoxide rings is 1. The average Bonchev–Trinajstić information content (AvgIpc) is 3.03. The fourth-order valence-corrected chi connectivity index (χ4v) is 3.13. The third kappa shape index (κ3) is 3.95. The molecule has 3 heteroatoms. The number of hydrogen-bond donors (Lipinski definition) is 0. The molecule has 1 aromatic rings. The van der Waals surface area contributed by atoms with Gasteiger partial charge in [-0.05, 0) is 12.1 Å². The Kier molecular flexibility index (Phi) is 4.22. The van der Waals surface area contributed by atoms with Gasteiger partial charge < -0.3 is 4.74 Å². The van der Waals surface area contributed by atoms with E-state index < -0.39 is 0 Å². The number of thioether (sulfide) groups is 2. The summed E-state index contributed by atoms with van der Waals surface area (Å²) < 4.78 is 5.15. The largest absolute Gasteiger partial charge is 0.372 e. The lowest BCUT2D eigenvalue weighted by Gasteiger charge is -2.00. The van der Waals surface area contributed by atoms with Crippen LogP contribution in [0.3, 0.4) is 0 Å². The zero-order valence-corrected chi connectivity index (χ0v) is 9.65. The highest BCUT2D eigenvalue weighted by molar-refractivity contribution is 8.03. The Morgan fingerprint density at radius 2 is 2.00 bits per heavy atom. The second kappa shape index (κ2) is 5.69. The van der Waals surface area contributed by atoms with Crippen LogP contribution >= 0.6 is 23.5 Å². The van der Waals surface area contributed by atoms with Gasteiger partial charge in [0.2, 0.25) is 0 Å². The van der Waals surface area contributed by atoms with E-state index in [1.807, 2.05) is 23.5 Å². The van der Waals surface area contributed by atoms with Gasteiger partial charge in [0.05, 0.1) is 12.7 Å². The maximum absolute atomic E-state index is 5.15. The molecular formula is C11H14OS2. The first-order valence-corrected chi connectivity index (χ1v) is 6.96. The summed E-state index contributed by atoms with van der Waals surface area (Å²) in [5.41, 5.74) is 0. The SMILES string of the molecule is c1ccc(SCCSCC2CO2)cc1. The van der Waals surface area contributed by atoms with E-state index >= 15 is 0 Å². The van der Waals surface area contributed by atoms with Crippen molar-refractivity contribution in [3.8, 4) is 0 Å². The van der Waals surface area contributed by atoms with Gasteiger partial charge in [0, 0.05) is 22.2 Å². The van der Waals surface area contributed by atoms with Crippen LogP contribution in [0.5, 0.6) is 0 Å². The van der Waals surface area contributed by atoms with Gasteiger partial charge in [-0.3, -0.25) is 0 Å². The van der Waals surface area contributed by atoms with Crippen molar-refractivity contribution < 1.29 is 4.74 Å². The van der Waals surface area contributed by atoms with E-state index in [1.165, 1.54) is 22.2 Å². The Hall–Kier alpha value is -0.120. The Morgan fingerprint density at radius 3 is 2.71 bits per heavy atom. The molecule has 1 aliphatic rings. The standard InChI is InChI=1S/C11H14OS2/c1-2-4-11(5-3-1)14-7-6-13-9-10-8-12-10/h1-5,10H,6-9H2. The Bertz CT molecular complexity index is 259. The van der Waals surface area contributed by atoms with E-state index in [1.54, 1.807) is 0 Å². The first-order valence-electron chi connectivity index (χ1n) is 4.82. The van der Waals surface area contributed by atoms with Crippen molar-refractivity contribution in [2.45, 2.75) is 11.0 Å². The van der Waals surface area contributed by atoms with Crippen molar-refractivity contribution in [1.29, 1.82) is 0 Å². The highest BCUT2D eigenvalue weighted by Gasteiger charge is 2.21. The zero-order chi connectivity index (χ0) is 9.64. The van der Waals surface area contributed by atoms with E-state index in [2.05, 4.69) is 30.3 Å². The number of rotatable bonds is 6. The number of benzene rings is 1. The smallest absolute Gasteiger partial charge is 0.0900 e. The molecule has 0 aliphatic carbocycles. The molecule has 1 unspecified atom stereocenters. The van der Waals surface area contributed by atoms with Crippen molar-refractivity contribution in [3.63, 3.8) is 0 Å². The van der Waals surface area contributed by atoms with Crippen LogP contribution in [0.4, 0.5) is 0 Å². The molecule has 1 fully saturated rings. The molecule has 0 aromatic heterocycles. The quantitative estimate of drug-likeness (QED) is 0.420. The molecule has 76 valence electrons. The average molecular weight is 226 g/mol. The molecular weight excluding hydrogens is 212 g/mol. The molecule has 1 atom stereocenters. The second-order valence-corrected chi connectivity index (χ2v) is 5.51. The molecule has 0 saturated carbocycles. The molecule has 1 aromatic carbocycles. The highest BCUT2D eigenvalue weighted by atomic mass is 32.2. The van der Waals surface area contributed by atoms with Gasteiger partial charge in [0.1, 0.15) is 0 Å². The molecule has 2 rings (SSSR count). The maximum Gasteiger partial charge on any atom is 0.0900 e. The van der Waals surface area contributed by atoms with E-state index in [9.17, 15) is 0 Å². The molecule has 0 spiro atoms. The lowest BCUT2D eigenvalue weighted by atomic mass is 10.4. The lowest BCUT2D eigenvalue weighted by Crippen LogP contribution is -1.92. The second-order valence-electron chi connectivity index (χ2n) is 3.19. The Morgan fingerprint density at radius 1 is 1.21 bits per heavy atom. The van der Waals surface area contributed by atoms with Crippen molar-refractivity contribution in [2.75, 3.05) is 23.9 Å². The predicted molar refractivity (Wildman–Crippen MR) is 64.2 cm³/mol. The van der Waals surface area contributed by atoms with E-state index in [0.29, 0.717) is 6.10 Å².